The molecule has 2 unspecified atom stereocenters. The van der Waals surface area contributed by atoms with Crippen molar-refractivity contribution in [2.75, 3.05) is 25.5 Å². The Morgan fingerprint density at radius 2 is 1.93 bits per heavy atom. The van der Waals surface area contributed by atoms with Gasteiger partial charge in [-0.3, -0.25) is 4.79 Å². The second-order valence-corrected chi connectivity index (χ2v) is 9.79. The summed E-state index contributed by atoms with van der Waals surface area (Å²) in [6.07, 6.45) is 1.01. The van der Waals surface area contributed by atoms with Gasteiger partial charge in [-0.1, -0.05) is 13.8 Å². The number of ether oxygens (including phenoxy) is 1. The molecule has 1 aromatic heterocycles. The molecule has 3 rings (SSSR count). The number of sulfonamides is 1. The zero-order valence-corrected chi connectivity index (χ0v) is 17.3. The van der Waals surface area contributed by atoms with Gasteiger partial charge in [0.25, 0.3) is 5.91 Å². The number of benzene rings is 1. The Hall–Kier alpha value is -1.90. The van der Waals surface area contributed by atoms with Crippen molar-refractivity contribution in [3.63, 3.8) is 0 Å². The van der Waals surface area contributed by atoms with Gasteiger partial charge in [0.1, 0.15) is 10.6 Å². The first-order valence-corrected chi connectivity index (χ1v) is 11.2. The third kappa shape index (κ3) is 4.34. The van der Waals surface area contributed by atoms with Crippen LogP contribution in [0.25, 0.3) is 0 Å². The SMILES string of the molecule is COc1ccc(C(=O)Nc2ccsc2)cc1S(=O)(=O)N1CC(C)CC(C)C1. The van der Waals surface area contributed by atoms with Crippen molar-refractivity contribution in [3.05, 3.63) is 40.6 Å². The molecule has 2 aromatic rings. The van der Waals surface area contributed by atoms with Gasteiger partial charge in [-0.2, -0.15) is 15.6 Å². The van der Waals surface area contributed by atoms with E-state index in [0.29, 0.717) is 30.6 Å². The number of nitrogens with one attached hydrogen (secondary N) is 1. The molecule has 1 aliphatic heterocycles. The largest absolute Gasteiger partial charge is 0.495 e. The summed E-state index contributed by atoms with van der Waals surface area (Å²) in [5.41, 5.74) is 0.961. The molecule has 27 heavy (non-hydrogen) atoms. The van der Waals surface area contributed by atoms with E-state index in [1.165, 1.54) is 34.9 Å². The Kier molecular flexibility index (Phi) is 5.88. The molecule has 6 nitrogen and oxygen atoms in total. The van der Waals surface area contributed by atoms with Crippen LogP contribution in [0, 0.1) is 11.8 Å². The standard InChI is InChI=1S/C19H24N2O4S2/c1-13-8-14(2)11-21(10-13)27(23,24)18-9-15(4-5-17(18)25-3)19(22)20-16-6-7-26-12-16/h4-7,9,12-14H,8,10-11H2,1-3H3,(H,20,22). The molecular weight excluding hydrogens is 384 g/mol. The molecule has 1 saturated heterocycles. The molecule has 2 heterocycles. The lowest BCUT2D eigenvalue weighted by Crippen LogP contribution is -2.42. The van der Waals surface area contributed by atoms with Crippen molar-refractivity contribution < 1.29 is 17.9 Å². The van der Waals surface area contributed by atoms with Crippen molar-refractivity contribution in [3.8, 4) is 5.75 Å². The molecule has 0 aliphatic carbocycles. The molecule has 1 fully saturated rings. The van der Waals surface area contributed by atoms with Crippen LogP contribution in [-0.2, 0) is 10.0 Å². The fourth-order valence-electron chi connectivity index (χ4n) is 3.50. The first-order chi connectivity index (χ1) is 12.8. The molecule has 146 valence electrons. The zero-order chi connectivity index (χ0) is 19.6. The molecular formula is C19H24N2O4S2. The third-order valence-corrected chi connectivity index (χ3v) is 7.19. The smallest absolute Gasteiger partial charge is 0.255 e. The molecule has 1 aliphatic rings. The number of anilines is 1. The minimum absolute atomic E-state index is 0.0317. The lowest BCUT2D eigenvalue weighted by atomic mass is 9.94. The van der Waals surface area contributed by atoms with Gasteiger partial charge in [0.2, 0.25) is 10.0 Å². The second kappa shape index (κ2) is 8.00. The summed E-state index contributed by atoms with van der Waals surface area (Å²) in [5, 5.41) is 6.44. The monoisotopic (exact) mass is 408 g/mol. The van der Waals surface area contributed by atoms with Crippen molar-refractivity contribution >= 4 is 33.0 Å². The number of methoxy groups -OCH3 is 1. The van der Waals surface area contributed by atoms with Crippen LogP contribution in [0.4, 0.5) is 5.69 Å². The summed E-state index contributed by atoms with van der Waals surface area (Å²) in [4.78, 5) is 12.5. The Labute approximate surface area is 164 Å². The van der Waals surface area contributed by atoms with E-state index < -0.39 is 10.0 Å². The Morgan fingerprint density at radius 3 is 2.52 bits per heavy atom. The number of hydrogen-bond acceptors (Lipinski definition) is 5. The Bertz CT molecular complexity index is 900. The average molecular weight is 409 g/mol. The van der Waals surface area contributed by atoms with Gasteiger partial charge < -0.3 is 10.1 Å². The van der Waals surface area contributed by atoms with Crippen LogP contribution in [-0.4, -0.2) is 38.8 Å². The van der Waals surface area contributed by atoms with Crippen LogP contribution in [0.5, 0.6) is 5.75 Å². The van der Waals surface area contributed by atoms with E-state index in [2.05, 4.69) is 19.2 Å². The highest BCUT2D eigenvalue weighted by Gasteiger charge is 2.34. The summed E-state index contributed by atoms with van der Waals surface area (Å²) in [5.74, 6) is 0.472. The highest BCUT2D eigenvalue weighted by Crippen LogP contribution is 2.32. The normalized spacial score (nSPS) is 21.0. The highest BCUT2D eigenvalue weighted by atomic mass is 32.2. The van der Waals surface area contributed by atoms with Gasteiger partial charge in [0.05, 0.1) is 12.8 Å². The highest BCUT2D eigenvalue weighted by molar-refractivity contribution is 7.89. The van der Waals surface area contributed by atoms with Crippen molar-refractivity contribution in [2.45, 2.75) is 25.2 Å². The Balaban J connectivity index is 1.94. The average Bonchev–Trinajstić information content (AvgIpc) is 3.13. The van der Waals surface area contributed by atoms with Crippen LogP contribution in [0.15, 0.2) is 39.9 Å². The lowest BCUT2D eigenvalue weighted by Gasteiger charge is -2.34. The number of rotatable bonds is 5. The van der Waals surface area contributed by atoms with Gasteiger partial charge >= 0.3 is 0 Å². The number of carbonyl (C=O) groups excluding carboxylic acids is 1. The molecule has 1 aromatic carbocycles. The maximum absolute atomic E-state index is 13.3. The van der Waals surface area contributed by atoms with Gasteiger partial charge in [-0.15, -0.1) is 0 Å². The summed E-state index contributed by atoms with van der Waals surface area (Å²) >= 11 is 1.47. The predicted octanol–water partition coefficient (Wildman–Crippen LogP) is 3.68. The second-order valence-electron chi connectivity index (χ2n) is 7.10. The molecule has 2 atom stereocenters. The van der Waals surface area contributed by atoms with E-state index in [9.17, 15) is 13.2 Å². The summed E-state index contributed by atoms with van der Waals surface area (Å²) in [7, 11) is -2.33. The van der Waals surface area contributed by atoms with E-state index in [4.69, 9.17) is 4.74 Å². The quantitative estimate of drug-likeness (QED) is 0.819. The van der Waals surface area contributed by atoms with E-state index >= 15 is 0 Å². The number of amides is 1. The summed E-state index contributed by atoms with van der Waals surface area (Å²) in [6, 6.07) is 6.30. The fraction of sp³-hybridized carbons (Fsp3) is 0.421. The number of thiophene rings is 1. The minimum atomic E-state index is -3.76. The maximum Gasteiger partial charge on any atom is 0.255 e. The molecule has 1 amide bonds. The van der Waals surface area contributed by atoms with Gasteiger partial charge in [-0.05, 0) is 47.9 Å². The van der Waals surface area contributed by atoms with Crippen molar-refractivity contribution in [1.29, 1.82) is 0 Å². The number of nitrogens with zero attached hydrogens (tertiary/aromatic N) is 1. The van der Waals surface area contributed by atoms with Crippen LogP contribution in [0.1, 0.15) is 30.6 Å². The van der Waals surface area contributed by atoms with Crippen LogP contribution in [0.2, 0.25) is 0 Å². The Morgan fingerprint density at radius 1 is 1.22 bits per heavy atom. The topological polar surface area (TPSA) is 75.7 Å². The molecule has 1 N–H and O–H groups in total. The maximum atomic E-state index is 13.3. The van der Waals surface area contributed by atoms with E-state index in [1.54, 1.807) is 12.1 Å². The minimum Gasteiger partial charge on any atom is -0.495 e. The van der Waals surface area contributed by atoms with Gasteiger partial charge in [0.15, 0.2) is 0 Å². The van der Waals surface area contributed by atoms with Gasteiger partial charge in [-0.25, -0.2) is 8.42 Å². The first kappa shape index (κ1) is 19.9. The predicted molar refractivity (Wildman–Crippen MR) is 107 cm³/mol. The third-order valence-electron chi connectivity index (χ3n) is 4.66. The number of piperidine rings is 1. The lowest BCUT2D eigenvalue weighted by molar-refractivity contribution is 0.102. The molecule has 0 bridgehead atoms. The van der Waals surface area contributed by atoms with Crippen molar-refractivity contribution in [2.24, 2.45) is 11.8 Å². The van der Waals surface area contributed by atoms with E-state index in [1.807, 2.05) is 10.8 Å². The van der Waals surface area contributed by atoms with Gasteiger partial charge in [0, 0.05) is 24.0 Å². The summed E-state index contributed by atoms with van der Waals surface area (Å²) in [6.45, 7) is 5.06. The van der Waals surface area contributed by atoms with Crippen LogP contribution >= 0.6 is 11.3 Å². The summed E-state index contributed by atoms with van der Waals surface area (Å²) < 4.78 is 33.3. The van der Waals surface area contributed by atoms with Crippen molar-refractivity contribution in [1.82, 2.24) is 4.31 Å². The zero-order valence-electron chi connectivity index (χ0n) is 15.6. The first-order valence-electron chi connectivity index (χ1n) is 8.83. The number of carbonyl (C=O) groups is 1. The van der Waals surface area contributed by atoms with Crippen LogP contribution < -0.4 is 10.1 Å². The molecule has 0 saturated carbocycles. The molecule has 0 radical (unpaired) electrons. The van der Waals surface area contributed by atoms with Crippen LogP contribution in [0.3, 0.4) is 0 Å². The molecule has 8 heteroatoms. The van der Waals surface area contributed by atoms with E-state index in [0.717, 1.165) is 6.42 Å². The number of hydrogen-bond donors (Lipinski definition) is 1. The molecule has 0 spiro atoms. The van der Waals surface area contributed by atoms with E-state index in [-0.39, 0.29) is 22.1 Å². The fourth-order valence-corrected chi connectivity index (χ4v) is 5.95.